The van der Waals surface area contributed by atoms with E-state index in [0.29, 0.717) is 18.1 Å². The molecule has 1 aromatic carbocycles. The van der Waals surface area contributed by atoms with Crippen molar-refractivity contribution < 1.29 is 4.21 Å². The molecule has 1 atom stereocenters. The van der Waals surface area contributed by atoms with Crippen LogP contribution < -0.4 is 5.56 Å². The highest BCUT2D eigenvalue weighted by Crippen LogP contribution is 2.41. The summed E-state index contributed by atoms with van der Waals surface area (Å²) in [6.45, 7) is 0.468. The molecule has 1 saturated carbocycles. The van der Waals surface area contributed by atoms with Gasteiger partial charge in [-0.15, -0.1) is 0 Å². The zero-order valence-electron chi connectivity index (χ0n) is 13.3. The number of fused-ring (bicyclic) bond motifs is 1. The smallest absolute Gasteiger partial charge is 0.252 e. The molecule has 5 nitrogen and oxygen atoms in total. The number of nitrogens with zero attached hydrogens (tertiary/aromatic N) is 3. The number of aromatic nitrogens is 3. The van der Waals surface area contributed by atoms with Gasteiger partial charge < -0.3 is 0 Å². The van der Waals surface area contributed by atoms with Crippen LogP contribution in [0.2, 0.25) is 0 Å². The first-order valence-corrected chi connectivity index (χ1v) is 9.47. The zero-order chi connectivity index (χ0) is 16.7. The molecule has 1 aliphatic carbocycles. The molecule has 0 aliphatic heterocycles. The van der Waals surface area contributed by atoms with Gasteiger partial charge in [-0.05, 0) is 36.0 Å². The van der Waals surface area contributed by atoms with E-state index in [1.165, 1.54) is 30.7 Å². The van der Waals surface area contributed by atoms with Crippen LogP contribution in [0.1, 0.15) is 29.9 Å². The van der Waals surface area contributed by atoms with Crippen LogP contribution in [0.25, 0.3) is 11.0 Å². The maximum Gasteiger partial charge on any atom is 0.252 e. The van der Waals surface area contributed by atoms with Gasteiger partial charge in [-0.1, -0.05) is 24.3 Å². The number of hydrogen-bond donors (Lipinski definition) is 0. The second-order valence-electron chi connectivity index (χ2n) is 6.12. The first kappa shape index (κ1) is 15.2. The van der Waals surface area contributed by atoms with E-state index in [0.717, 1.165) is 10.9 Å². The Labute approximate surface area is 141 Å². The minimum atomic E-state index is -1.29. The molecule has 1 unspecified atom stereocenters. The first-order chi connectivity index (χ1) is 11.6. The van der Waals surface area contributed by atoms with Gasteiger partial charge in [0.2, 0.25) is 5.16 Å². The SMILES string of the molecule is CS(=O)c1ncc2ccc(=O)n(Cc3ccccc3C3CC3)c2n1. The molecule has 24 heavy (non-hydrogen) atoms. The largest absolute Gasteiger partial charge is 0.288 e. The molecule has 0 amide bonds. The molecule has 2 heterocycles. The van der Waals surface area contributed by atoms with Crippen molar-refractivity contribution in [2.24, 2.45) is 0 Å². The van der Waals surface area contributed by atoms with Gasteiger partial charge in [-0.3, -0.25) is 13.6 Å². The number of pyridine rings is 1. The third-order valence-electron chi connectivity index (χ3n) is 4.36. The summed E-state index contributed by atoms with van der Waals surface area (Å²) in [4.78, 5) is 20.9. The van der Waals surface area contributed by atoms with Crippen molar-refractivity contribution in [1.82, 2.24) is 14.5 Å². The standard InChI is InChI=1S/C18H17N3O2S/c1-24(23)18-19-10-13-8-9-16(22)21(17(13)20-18)11-14-4-2-3-5-15(14)12-6-7-12/h2-5,8-10,12H,6-7,11H2,1H3. The van der Waals surface area contributed by atoms with Crippen molar-refractivity contribution in [2.45, 2.75) is 30.5 Å². The Bertz CT molecular complexity index is 1010. The Hall–Kier alpha value is -2.34. The van der Waals surface area contributed by atoms with E-state index in [4.69, 9.17) is 0 Å². The average molecular weight is 339 g/mol. The predicted molar refractivity (Wildman–Crippen MR) is 93.6 cm³/mol. The summed E-state index contributed by atoms with van der Waals surface area (Å²) in [5.41, 5.74) is 2.88. The number of rotatable bonds is 4. The highest BCUT2D eigenvalue weighted by atomic mass is 32.2. The van der Waals surface area contributed by atoms with E-state index in [-0.39, 0.29) is 10.7 Å². The van der Waals surface area contributed by atoms with E-state index in [9.17, 15) is 9.00 Å². The molecule has 6 heteroatoms. The highest BCUT2D eigenvalue weighted by Gasteiger charge is 2.25. The van der Waals surface area contributed by atoms with Crippen molar-refractivity contribution in [1.29, 1.82) is 0 Å². The molecule has 4 rings (SSSR count). The minimum absolute atomic E-state index is 0.111. The molecule has 122 valence electrons. The molecule has 0 N–H and O–H groups in total. The van der Waals surface area contributed by atoms with Crippen LogP contribution in [0.5, 0.6) is 0 Å². The molecule has 3 aromatic rings. The van der Waals surface area contributed by atoms with Crippen LogP contribution in [0.15, 0.2) is 52.5 Å². The van der Waals surface area contributed by atoms with Gasteiger partial charge in [0.1, 0.15) is 5.65 Å². The zero-order valence-corrected chi connectivity index (χ0v) is 14.1. The summed E-state index contributed by atoms with van der Waals surface area (Å²) in [6, 6.07) is 11.5. The van der Waals surface area contributed by atoms with Crippen molar-refractivity contribution in [3.63, 3.8) is 0 Å². The van der Waals surface area contributed by atoms with Gasteiger partial charge in [0.15, 0.2) is 0 Å². The normalized spacial score (nSPS) is 15.5. The number of benzene rings is 1. The molecular formula is C18H17N3O2S. The van der Waals surface area contributed by atoms with Crippen molar-refractivity contribution in [3.05, 3.63) is 64.1 Å². The molecular weight excluding hydrogens is 322 g/mol. The summed E-state index contributed by atoms with van der Waals surface area (Å²) >= 11 is 0. The summed E-state index contributed by atoms with van der Waals surface area (Å²) in [5.74, 6) is 0.611. The lowest BCUT2D eigenvalue weighted by Crippen LogP contribution is -2.22. The van der Waals surface area contributed by atoms with Crippen LogP contribution >= 0.6 is 0 Å². The molecule has 0 bridgehead atoms. The third-order valence-corrected chi connectivity index (χ3v) is 5.07. The van der Waals surface area contributed by atoms with Gasteiger partial charge in [-0.2, -0.15) is 0 Å². The Morgan fingerprint density at radius 1 is 1.21 bits per heavy atom. The third kappa shape index (κ3) is 2.78. The quantitative estimate of drug-likeness (QED) is 0.685. The maximum absolute atomic E-state index is 12.4. The van der Waals surface area contributed by atoms with Crippen molar-refractivity contribution >= 4 is 21.8 Å². The lowest BCUT2D eigenvalue weighted by Gasteiger charge is -2.13. The lowest BCUT2D eigenvalue weighted by atomic mass is 10.0. The fraction of sp³-hybridized carbons (Fsp3) is 0.278. The van der Waals surface area contributed by atoms with Gasteiger partial charge in [0, 0.05) is 23.9 Å². The van der Waals surface area contributed by atoms with E-state index in [1.807, 2.05) is 12.1 Å². The predicted octanol–water partition coefficient (Wildman–Crippen LogP) is 2.45. The Balaban J connectivity index is 1.87. The fourth-order valence-corrected chi connectivity index (χ4v) is 3.40. The lowest BCUT2D eigenvalue weighted by molar-refractivity contribution is 0.679. The van der Waals surface area contributed by atoms with Crippen LogP contribution in [-0.4, -0.2) is 25.0 Å². The number of hydrogen-bond acceptors (Lipinski definition) is 4. The van der Waals surface area contributed by atoms with Crippen LogP contribution in [0.3, 0.4) is 0 Å². The summed E-state index contributed by atoms with van der Waals surface area (Å²) in [7, 11) is -1.29. The van der Waals surface area contributed by atoms with E-state index in [2.05, 4.69) is 22.1 Å². The van der Waals surface area contributed by atoms with Gasteiger partial charge in [0.05, 0.1) is 17.3 Å². The van der Waals surface area contributed by atoms with Crippen LogP contribution in [-0.2, 0) is 17.3 Å². The van der Waals surface area contributed by atoms with Gasteiger partial charge >= 0.3 is 0 Å². The second-order valence-corrected chi connectivity index (χ2v) is 7.39. The van der Waals surface area contributed by atoms with Gasteiger partial charge in [-0.25, -0.2) is 9.97 Å². The van der Waals surface area contributed by atoms with Crippen LogP contribution in [0.4, 0.5) is 0 Å². The fourth-order valence-electron chi connectivity index (χ4n) is 2.99. The van der Waals surface area contributed by atoms with E-state index >= 15 is 0 Å². The Morgan fingerprint density at radius 2 is 2.00 bits per heavy atom. The minimum Gasteiger partial charge on any atom is -0.288 e. The summed E-state index contributed by atoms with van der Waals surface area (Å²) in [6.07, 6.45) is 5.59. The molecule has 1 aliphatic rings. The molecule has 2 aromatic heterocycles. The molecule has 0 spiro atoms. The van der Waals surface area contributed by atoms with E-state index in [1.54, 1.807) is 16.8 Å². The van der Waals surface area contributed by atoms with Crippen LogP contribution in [0, 0.1) is 0 Å². The second kappa shape index (κ2) is 5.94. The summed E-state index contributed by atoms with van der Waals surface area (Å²) in [5, 5.41) is 1.02. The van der Waals surface area contributed by atoms with Crippen molar-refractivity contribution in [2.75, 3.05) is 6.26 Å². The Morgan fingerprint density at radius 3 is 2.75 bits per heavy atom. The maximum atomic E-state index is 12.4. The van der Waals surface area contributed by atoms with E-state index < -0.39 is 10.8 Å². The highest BCUT2D eigenvalue weighted by molar-refractivity contribution is 7.84. The van der Waals surface area contributed by atoms with Gasteiger partial charge in [0.25, 0.3) is 5.56 Å². The Kier molecular flexibility index (Phi) is 3.76. The average Bonchev–Trinajstić information content (AvgIpc) is 3.42. The topological polar surface area (TPSA) is 64.8 Å². The summed E-state index contributed by atoms with van der Waals surface area (Å²) < 4.78 is 13.3. The molecule has 1 fully saturated rings. The monoisotopic (exact) mass is 339 g/mol. The molecule has 0 saturated heterocycles. The van der Waals surface area contributed by atoms with Crippen molar-refractivity contribution in [3.8, 4) is 0 Å². The first-order valence-electron chi connectivity index (χ1n) is 7.91. The molecule has 0 radical (unpaired) electrons.